The van der Waals surface area contributed by atoms with E-state index in [1.54, 1.807) is 0 Å². The Balaban J connectivity index is 0.000000219. The lowest BCUT2D eigenvalue weighted by Crippen LogP contribution is -1.88. The third-order valence-electron chi connectivity index (χ3n) is 7.17. The van der Waals surface area contributed by atoms with Gasteiger partial charge in [0.2, 0.25) is 0 Å². The Morgan fingerprint density at radius 3 is 1.00 bits per heavy atom. The summed E-state index contributed by atoms with van der Waals surface area (Å²) in [7, 11) is 0. The molecule has 0 fully saturated rings. The zero-order valence-corrected chi connectivity index (χ0v) is 27.1. The fourth-order valence-electron chi connectivity index (χ4n) is 4.30. The van der Waals surface area contributed by atoms with Gasteiger partial charge in [-0.1, -0.05) is 145 Å². The minimum atomic E-state index is 1.03. The van der Waals surface area contributed by atoms with Crippen LogP contribution in [0.15, 0.2) is 109 Å². The number of rotatable bonds is 3. The van der Waals surface area contributed by atoms with Crippen molar-refractivity contribution in [3.05, 3.63) is 165 Å². The van der Waals surface area contributed by atoms with Crippen LogP contribution in [-0.4, -0.2) is 0 Å². The molecule has 0 radical (unpaired) electrons. The van der Waals surface area contributed by atoms with Crippen LogP contribution in [0, 0.1) is 55.4 Å². The van der Waals surface area contributed by atoms with Crippen molar-refractivity contribution in [1.29, 1.82) is 0 Å². The van der Waals surface area contributed by atoms with Gasteiger partial charge in [0.05, 0.1) is 0 Å². The Morgan fingerprint density at radius 2 is 0.707 bits per heavy atom. The van der Waals surface area contributed by atoms with E-state index in [1.807, 2.05) is 13.8 Å². The van der Waals surface area contributed by atoms with E-state index in [0.717, 1.165) is 6.42 Å². The first-order chi connectivity index (χ1) is 19.6. The zero-order chi connectivity index (χ0) is 30.4. The molecule has 0 atom stereocenters. The van der Waals surface area contributed by atoms with E-state index in [1.165, 1.54) is 66.8 Å². The molecule has 0 amide bonds. The van der Waals surface area contributed by atoms with Crippen molar-refractivity contribution in [2.75, 3.05) is 0 Å². The van der Waals surface area contributed by atoms with E-state index in [0.29, 0.717) is 0 Å². The minimum Gasteiger partial charge on any atom is -0.0683 e. The van der Waals surface area contributed by atoms with Gasteiger partial charge in [-0.2, -0.15) is 0 Å². The lowest BCUT2D eigenvalue weighted by Gasteiger charge is -2.08. The monoisotopic (exact) mass is 542 g/mol. The third kappa shape index (κ3) is 11.6. The van der Waals surface area contributed by atoms with Crippen LogP contribution in [0.25, 0.3) is 11.1 Å². The SMILES string of the molecule is CC.Cc1ccc(-c2ccc(C)c(C)c2)cc1C.Cc1ccc(Cc2ccc(C)cc2)cc1.Cc1cccc(C)c1. The first kappa shape index (κ1) is 33.3. The van der Waals surface area contributed by atoms with Crippen LogP contribution >= 0.6 is 0 Å². The van der Waals surface area contributed by atoms with Crippen molar-refractivity contribution in [2.24, 2.45) is 0 Å². The Bertz CT molecular complexity index is 1360. The van der Waals surface area contributed by atoms with Gasteiger partial charge in [-0.15, -0.1) is 0 Å². The molecule has 0 bridgehead atoms. The fraction of sp³-hybridized carbons (Fsp3) is 0.268. The van der Waals surface area contributed by atoms with Crippen molar-refractivity contribution in [3.63, 3.8) is 0 Å². The molecular weight excluding hydrogens is 492 g/mol. The van der Waals surface area contributed by atoms with Gasteiger partial charge in [-0.25, -0.2) is 0 Å². The van der Waals surface area contributed by atoms with Gasteiger partial charge in [0.1, 0.15) is 0 Å². The second-order valence-electron chi connectivity index (χ2n) is 10.9. The molecule has 0 unspecified atom stereocenters. The average molecular weight is 543 g/mol. The summed E-state index contributed by atoms with van der Waals surface area (Å²) in [6, 6.07) is 39.3. The fourth-order valence-corrected chi connectivity index (χ4v) is 4.30. The lowest BCUT2D eigenvalue weighted by molar-refractivity contribution is 1.18. The number of hydrogen-bond donors (Lipinski definition) is 0. The van der Waals surface area contributed by atoms with Crippen molar-refractivity contribution in [2.45, 2.75) is 75.7 Å². The van der Waals surface area contributed by atoms with E-state index < -0.39 is 0 Å². The molecule has 5 aromatic carbocycles. The molecule has 41 heavy (non-hydrogen) atoms. The highest BCUT2D eigenvalue weighted by Crippen LogP contribution is 2.24. The van der Waals surface area contributed by atoms with E-state index >= 15 is 0 Å². The highest BCUT2D eigenvalue weighted by Gasteiger charge is 2.01. The molecule has 0 saturated carbocycles. The van der Waals surface area contributed by atoms with Crippen LogP contribution in [0.3, 0.4) is 0 Å². The molecule has 5 rings (SSSR count). The molecule has 0 nitrogen and oxygen atoms in total. The van der Waals surface area contributed by atoms with E-state index in [2.05, 4.69) is 165 Å². The smallest absolute Gasteiger partial charge is 0.00258 e. The highest BCUT2D eigenvalue weighted by atomic mass is 14.1. The lowest BCUT2D eigenvalue weighted by atomic mass is 9.98. The number of aryl methyl sites for hydroxylation is 8. The molecule has 0 N–H and O–H groups in total. The largest absolute Gasteiger partial charge is 0.0683 e. The molecule has 0 heteroatoms. The molecule has 0 saturated heterocycles. The molecule has 0 aromatic heterocycles. The van der Waals surface area contributed by atoms with E-state index in [4.69, 9.17) is 0 Å². The quantitative estimate of drug-likeness (QED) is 0.213. The second-order valence-corrected chi connectivity index (χ2v) is 10.9. The van der Waals surface area contributed by atoms with Gasteiger partial charge >= 0.3 is 0 Å². The molecular formula is C41H50. The Labute approximate surface area is 251 Å². The standard InChI is InChI=1S/C16H18.C15H16.C8H10.C2H6/c1-11-5-7-15(9-13(11)3)16-8-6-12(2)14(4)10-16;1-12-3-7-14(8-4-12)11-15-9-5-13(2)6-10-15;1-7-4-3-5-8(2)6-7;1-2/h5-10H,1-4H3;3-10H,11H2,1-2H3;3-6H,1-2H3;1-2H3. The first-order valence-corrected chi connectivity index (χ1v) is 14.9. The maximum atomic E-state index is 2.26. The molecule has 214 valence electrons. The van der Waals surface area contributed by atoms with Gasteiger partial charge < -0.3 is 0 Å². The molecule has 0 aliphatic heterocycles. The number of benzene rings is 5. The molecule has 5 aromatic rings. The molecule has 0 spiro atoms. The Kier molecular flexibility index (Phi) is 13.8. The van der Waals surface area contributed by atoms with Gasteiger partial charge in [-0.3, -0.25) is 0 Å². The van der Waals surface area contributed by atoms with E-state index in [9.17, 15) is 0 Å². The minimum absolute atomic E-state index is 1.03. The van der Waals surface area contributed by atoms with Crippen LogP contribution in [0.1, 0.15) is 69.5 Å². The van der Waals surface area contributed by atoms with Gasteiger partial charge in [0.15, 0.2) is 0 Å². The Morgan fingerprint density at radius 1 is 0.341 bits per heavy atom. The summed E-state index contributed by atoms with van der Waals surface area (Å²) in [4.78, 5) is 0. The third-order valence-corrected chi connectivity index (χ3v) is 7.17. The predicted octanol–water partition coefficient (Wildman–Crippen LogP) is 11.8. The topological polar surface area (TPSA) is 0 Å². The maximum absolute atomic E-state index is 2.26. The summed E-state index contributed by atoms with van der Waals surface area (Å²) in [6.07, 6.45) is 1.03. The van der Waals surface area contributed by atoms with Crippen LogP contribution in [0.2, 0.25) is 0 Å². The molecule has 0 aliphatic carbocycles. The molecule has 0 aliphatic rings. The normalized spacial score (nSPS) is 9.80. The van der Waals surface area contributed by atoms with E-state index in [-0.39, 0.29) is 0 Å². The molecule has 0 heterocycles. The highest BCUT2D eigenvalue weighted by molar-refractivity contribution is 5.66. The predicted molar refractivity (Wildman–Crippen MR) is 183 cm³/mol. The van der Waals surface area contributed by atoms with Gasteiger partial charge in [-0.05, 0) is 106 Å². The van der Waals surface area contributed by atoms with Crippen LogP contribution in [-0.2, 0) is 6.42 Å². The summed E-state index contributed by atoms with van der Waals surface area (Å²) in [5, 5.41) is 0. The van der Waals surface area contributed by atoms with Crippen molar-refractivity contribution in [3.8, 4) is 11.1 Å². The van der Waals surface area contributed by atoms with Crippen molar-refractivity contribution >= 4 is 0 Å². The zero-order valence-electron chi connectivity index (χ0n) is 27.1. The summed E-state index contributed by atoms with van der Waals surface area (Å²) in [6.45, 7) is 21.1. The summed E-state index contributed by atoms with van der Waals surface area (Å²) < 4.78 is 0. The number of hydrogen-bond acceptors (Lipinski definition) is 0. The van der Waals surface area contributed by atoms with Gasteiger partial charge in [0.25, 0.3) is 0 Å². The Hall–Kier alpha value is -3.90. The summed E-state index contributed by atoms with van der Waals surface area (Å²) in [5.41, 5.74) is 16.1. The van der Waals surface area contributed by atoms with Gasteiger partial charge in [0, 0.05) is 0 Å². The van der Waals surface area contributed by atoms with Crippen LogP contribution in [0.4, 0.5) is 0 Å². The second kappa shape index (κ2) is 17.0. The van der Waals surface area contributed by atoms with Crippen molar-refractivity contribution in [1.82, 2.24) is 0 Å². The summed E-state index contributed by atoms with van der Waals surface area (Å²) >= 11 is 0. The van der Waals surface area contributed by atoms with Crippen molar-refractivity contribution < 1.29 is 0 Å². The first-order valence-electron chi connectivity index (χ1n) is 14.9. The average Bonchev–Trinajstić information content (AvgIpc) is 2.96. The maximum Gasteiger partial charge on any atom is -0.00258 e. The summed E-state index contributed by atoms with van der Waals surface area (Å²) in [5.74, 6) is 0. The van der Waals surface area contributed by atoms with Crippen LogP contribution < -0.4 is 0 Å². The van der Waals surface area contributed by atoms with Crippen LogP contribution in [0.5, 0.6) is 0 Å².